The Balaban J connectivity index is 2.22. The third kappa shape index (κ3) is 1.83. The molecule has 0 aliphatic carbocycles. The zero-order chi connectivity index (χ0) is 11.5. The van der Waals surface area contributed by atoms with E-state index in [1.807, 2.05) is 0 Å². The lowest BCUT2D eigenvalue weighted by Gasteiger charge is -2.03. The summed E-state index contributed by atoms with van der Waals surface area (Å²) < 4.78 is 13.2. The van der Waals surface area contributed by atoms with Crippen molar-refractivity contribution in [3.05, 3.63) is 36.0 Å². The molecule has 2 heterocycles. The monoisotopic (exact) mass is 221 g/mol. The van der Waals surface area contributed by atoms with Crippen LogP contribution in [0.3, 0.4) is 0 Å². The van der Waals surface area contributed by atoms with Crippen LogP contribution in [0.25, 0.3) is 0 Å². The van der Waals surface area contributed by atoms with Gasteiger partial charge in [-0.2, -0.15) is 5.10 Å². The molecule has 0 spiro atoms. The summed E-state index contributed by atoms with van der Waals surface area (Å²) in [5, 5.41) is 8.50. The van der Waals surface area contributed by atoms with E-state index in [1.54, 1.807) is 0 Å². The van der Waals surface area contributed by atoms with Crippen LogP contribution in [-0.4, -0.2) is 21.1 Å². The molecule has 0 bridgehead atoms. The Bertz CT molecular complexity index is 524. The lowest BCUT2D eigenvalue weighted by Crippen LogP contribution is -2.15. The molecule has 2 aromatic rings. The molecule has 2 rings (SSSR count). The van der Waals surface area contributed by atoms with Gasteiger partial charge in [-0.05, 0) is 6.07 Å². The van der Waals surface area contributed by atoms with Gasteiger partial charge in [0.15, 0.2) is 11.6 Å². The molecule has 16 heavy (non-hydrogen) atoms. The second kappa shape index (κ2) is 3.97. The lowest BCUT2D eigenvalue weighted by atomic mass is 10.2. The molecular formula is C9H8FN5O. The fourth-order valence-corrected chi connectivity index (χ4v) is 1.14. The van der Waals surface area contributed by atoms with Crippen LogP contribution in [-0.2, 0) is 0 Å². The van der Waals surface area contributed by atoms with E-state index in [1.165, 1.54) is 18.5 Å². The van der Waals surface area contributed by atoms with E-state index in [9.17, 15) is 9.18 Å². The highest BCUT2D eigenvalue weighted by atomic mass is 19.1. The topological polar surface area (TPSA) is 96.7 Å². The van der Waals surface area contributed by atoms with Crippen LogP contribution >= 0.6 is 0 Å². The van der Waals surface area contributed by atoms with E-state index in [0.29, 0.717) is 0 Å². The molecule has 0 saturated heterocycles. The van der Waals surface area contributed by atoms with Crippen molar-refractivity contribution in [2.24, 2.45) is 0 Å². The standard InChI is InChI=1S/C9H8FN5O/c10-6-3-12-2-1-5(6)9(16)14-8-7(11)4-13-15-8/h1-4H,11H2,(H2,13,14,15,16). The SMILES string of the molecule is Nc1cn[nH]c1NC(=O)c1ccncc1F. The number of amides is 1. The Labute approximate surface area is 89.7 Å². The van der Waals surface area contributed by atoms with E-state index in [0.717, 1.165) is 6.20 Å². The number of aromatic amines is 1. The first kappa shape index (κ1) is 10.1. The van der Waals surface area contributed by atoms with Gasteiger partial charge in [0.1, 0.15) is 0 Å². The van der Waals surface area contributed by atoms with E-state index >= 15 is 0 Å². The summed E-state index contributed by atoms with van der Waals surface area (Å²) in [5.41, 5.74) is 5.66. The van der Waals surface area contributed by atoms with Gasteiger partial charge >= 0.3 is 0 Å². The summed E-state index contributed by atoms with van der Waals surface area (Å²) >= 11 is 0. The summed E-state index contributed by atoms with van der Waals surface area (Å²) in [4.78, 5) is 15.1. The van der Waals surface area contributed by atoms with Crippen molar-refractivity contribution in [2.45, 2.75) is 0 Å². The normalized spacial score (nSPS) is 10.1. The number of nitrogens with zero attached hydrogens (tertiary/aromatic N) is 2. The van der Waals surface area contributed by atoms with Crippen molar-refractivity contribution in [3.8, 4) is 0 Å². The number of nitrogens with two attached hydrogens (primary N) is 1. The summed E-state index contributed by atoms with van der Waals surface area (Å²) in [6.45, 7) is 0. The van der Waals surface area contributed by atoms with Crippen molar-refractivity contribution in [1.29, 1.82) is 0 Å². The molecule has 0 atom stereocenters. The van der Waals surface area contributed by atoms with Crippen LogP contribution in [0.1, 0.15) is 10.4 Å². The van der Waals surface area contributed by atoms with Crippen molar-refractivity contribution in [2.75, 3.05) is 11.1 Å². The Morgan fingerprint density at radius 2 is 2.31 bits per heavy atom. The van der Waals surface area contributed by atoms with Crippen LogP contribution < -0.4 is 11.1 Å². The Hall–Kier alpha value is -2.44. The summed E-state index contributed by atoms with van der Waals surface area (Å²) in [6, 6.07) is 1.28. The maximum Gasteiger partial charge on any atom is 0.259 e. The number of halogens is 1. The molecule has 0 fully saturated rings. The third-order valence-electron chi connectivity index (χ3n) is 1.92. The first-order chi connectivity index (χ1) is 7.68. The second-order valence-electron chi connectivity index (χ2n) is 3.01. The maximum atomic E-state index is 13.2. The van der Waals surface area contributed by atoms with Gasteiger partial charge < -0.3 is 11.1 Å². The van der Waals surface area contributed by atoms with Gasteiger partial charge in [-0.15, -0.1) is 0 Å². The average Bonchev–Trinajstić information content (AvgIpc) is 2.65. The first-order valence-corrected chi connectivity index (χ1v) is 4.38. The van der Waals surface area contributed by atoms with E-state index in [2.05, 4.69) is 20.5 Å². The number of hydrogen-bond acceptors (Lipinski definition) is 4. The quantitative estimate of drug-likeness (QED) is 0.698. The van der Waals surface area contributed by atoms with Gasteiger partial charge in [-0.25, -0.2) is 4.39 Å². The smallest absolute Gasteiger partial charge is 0.259 e. The lowest BCUT2D eigenvalue weighted by molar-refractivity contribution is 0.102. The minimum Gasteiger partial charge on any atom is -0.394 e. The predicted octanol–water partition coefficient (Wildman–Crippen LogP) is 0.778. The Morgan fingerprint density at radius 1 is 1.50 bits per heavy atom. The van der Waals surface area contributed by atoms with Crippen molar-refractivity contribution in [1.82, 2.24) is 15.2 Å². The molecule has 6 nitrogen and oxygen atoms in total. The number of pyridine rings is 1. The average molecular weight is 221 g/mol. The zero-order valence-electron chi connectivity index (χ0n) is 8.07. The minimum atomic E-state index is -0.696. The predicted molar refractivity (Wildman–Crippen MR) is 55.1 cm³/mol. The highest BCUT2D eigenvalue weighted by molar-refractivity contribution is 6.05. The fraction of sp³-hybridized carbons (Fsp3) is 0. The Kier molecular flexibility index (Phi) is 2.50. The third-order valence-corrected chi connectivity index (χ3v) is 1.92. The molecule has 2 aromatic heterocycles. The first-order valence-electron chi connectivity index (χ1n) is 4.38. The van der Waals surface area contributed by atoms with Gasteiger partial charge in [0, 0.05) is 6.20 Å². The fourth-order valence-electron chi connectivity index (χ4n) is 1.14. The zero-order valence-corrected chi connectivity index (χ0v) is 8.07. The molecule has 0 unspecified atom stereocenters. The van der Waals surface area contributed by atoms with E-state index < -0.39 is 11.7 Å². The van der Waals surface area contributed by atoms with E-state index in [-0.39, 0.29) is 17.1 Å². The molecule has 0 radical (unpaired) electrons. The number of nitrogen functional groups attached to an aromatic ring is 1. The second-order valence-corrected chi connectivity index (χ2v) is 3.01. The number of anilines is 2. The van der Waals surface area contributed by atoms with Gasteiger partial charge in [0.25, 0.3) is 5.91 Å². The summed E-state index contributed by atoms with van der Waals surface area (Å²) in [6.07, 6.45) is 3.64. The highest BCUT2D eigenvalue weighted by Gasteiger charge is 2.13. The molecule has 0 saturated carbocycles. The number of carbonyl (C=O) groups excluding carboxylic acids is 1. The number of nitrogens with one attached hydrogen (secondary N) is 2. The van der Waals surface area contributed by atoms with Crippen molar-refractivity contribution in [3.63, 3.8) is 0 Å². The molecule has 82 valence electrons. The number of aromatic nitrogens is 3. The highest BCUT2D eigenvalue weighted by Crippen LogP contribution is 2.14. The van der Waals surface area contributed by atoms with Crippen LogP contribution in [0, 0.1) is 5.82 Å². The molecule has 0 aliphatic heterocycles. The van der Waals surface area contributed by atoms with Crippen LogP contribution in [0.15, 0.2) is 24.7 Å². The molecular weight excluding hydrogens is 213 g/mol. The van der Waals surface area contributed by atoms with Crippen LogP contribution in [0.2, 0.25) is 0 Å². The minimum absolute atomic E-state index is 0.107. The van der Waals surface area contributed by atoms with Gasteiger partial charge in [-0.1, -0.05) is 0 Å². The van der Waals surface area contributed by atoms with E-state index in [4.69, 9.17) is 5.73 Å². The maximum absolute atomic E-state index is 13.2. The Morgan fingerprint density at radius 3 is 2.94 bits per heavy atom. The molecule has 0 aliphatic rings. The van der Waals surface area contributed by atoms with Crippen molar-refractivity contribution < 1.29 is 9.18 Å². The number of hydrogen-bond donors (Lipinski definition) is 3. The summed E-state index contributed by atoms with van der Waals surface area (Å²) in [5.74, 6) is -1.07. The molecule has 0 aromatic carbocycles. The summed E-state index contributed by atoms with van der Waals surface area (Å²) in [7, 11) is 0. The largest absolute Gasteiger partial charge is 0.394 e. The van der Waals surface area contributed by atoms with Crippen LogP contribution in [0.5, 0.6) is 0 Å². The molecule has 1 amide bonds. The van der Waals surface area contributed by atoms with Crippen LogP contribution in [0.4, 0.5) is 15.9 Å². The van der Waals surface area contributed by atoms with Gasteiger partial charge in [0.05, 0.1) is 23.6 Å². The van der Waals surface area contributed by atoms with Gasteiger partial charge in [-0.3, -0.25) is 14.9 Å². The van der Waals surface area contributed by atoms with Crippen molar-refractivity contribution >= 4 is 17.4 Å². The number of H-pyrrole nitrogens is 1. The van der Waals surface area contributed by atoms with Gasteiger partial charge in [0.2, 0.25) is 0 Å². The molecule has 4 N–H and O–H groups in total. The number of rotatable bonds is 2. The number of carbonyl (C=O) groups is 1. The molecule has 7 heteroatoms.